The number of ketones is 1. The number of H-pyrrole nitrogens is 1. The predicted octanol–water partition coefficient (Wildman–Crippen LogP) is 4.56. The topological polar surface area (TPSA) is 61.6 Å². The molecule has 4 nitrogen and oxygen atoms in total. The molecule has 1 N–H and O–H groups in total. The summed E-state index contributed by atoms with van der Waals surface area (Å²) in [5.74, 6) is -0.254. The van der Waals surface area contributed by atoms with Gasteiger partial charge in [-0.1, -0.05) is 24.3 Å². The van der Waals surface area contributed by atoms with Gasteiger partial charge in [0, 0.05) is 46.2 Å². The fraction of sp³-hybridized carbons (Fsp3) is 0.143. The van der Waals surface area contributed by atoms with Gasteiger partial charge in [0.25, 0.3) is 0 Å². The number of aryl methyl sites for hydroxylation is 1. The highest BCUT2D eigenvalue weighted by molar-refractivity contribution is 6.15. The van der Waals surface area contributed by atoms with Gasteiger partial charge >= 0.3 is 0 Å². The summed E-state index contributed by atoms with van der Waals surface area (Å²) in [5.41, 5.74) is 4.33. The summed E-state index contributed by atoms with van der Waals surface area (Å²) >= 11 is 0. The van der Waals surface area contributed by atoms with Crippen LogP contribution < -0.4 is 0 Å². The van der Waals surface area contributed by atoms with E-state index in [-0.39, 0.29) is 11.4 Å². The van der Waals surface area contributed by atoms with Gasteiger partial charge in [0.1, 0.15) is 11.6 Å². The molecule has 0 aliphatic heterocycles. The van der Waals surface area contributed by atoms with Crippen LogP contribution in [0, 0.1) is 25.2 Å². The molecule has 4 heteroatoms. The molecule has 0 bridgehead atoms. The third-order valence-electron chi connectivity index (χ3n) is 4.42. The third-order valence-corrected chi connectivity index (χ3v) is 4.42. The van der Waals surface area contributed by atoms with Crippen molar-refractivity contribution in [3.63, 3.8) is 0 Å². The fourth-order valence-electron chi connectivity index (χ4n) is 3.10. The Balaban J connectivity index is 2.04. The van der Waals surface area contributed by atoms with Crippen molar-refractivity contribution >= 4 is 22.8 Å². The summed E-state index contributed by atoms with van der Waals surface area (Å²) in [6.07, 6.45) is 5.26. The molecule has 2 heterocycles. The first-order chi connectivity index (χ1) is 12.1. The van der Waals surface area contributed by atoms with E-state index >= 15 is 0 Å². The van der Waals surface area contributed by atoms with Crippen LogP contribution in [0.25, 0.3) is 17.0 Å². The van der Waals surface area contributed by atoms with E-state index in [1.165, 1.54) is 0 Å². The van der Waals surface area contributed by atoms with Crippen molar-refractivity contribution in [3.8, 4) is 6.07 Å². The highest BCUT2D eigenvalue weighted by Gasteiger charge is 2.19. The van der Waals surface area contributed by atoms with Crippen LogP contribution in [0.5, 0.6) is 0 Å². The summed E-state index contributed by atoms with van der Waals surface area (Å²) in [7, 11) is 0. The van der Waals surface area contributed by atoms with Crippen LogP contribution >= 0.6 is 0 Å². The summed E-state index contributed by atoms with van der Waals surface area (Å²) in [4.78, 5) is 16.0. The zero-order valence-corrected chi connectivity index (χ0v) is 14.3. The molecule has 0 radical (unpaired) electrons. The van der Waals surface area contributed by atoms with E-state index < -0.39 is 0 Å². The number of hydrogen-bond acceptors (Lipinski definition) is 2. The van der Waals surface area contributed by atoms with Gasteiger partial charge in [-0.25, -0.2) is 0 Å². The van der Waals surface area contributed by atoms with Crippen molar-refractivity contribution < 1.29 is 4.79 Å². The number of carbonyl (C=O) groups is 1. The molecule has 0 unspecified atom stereocenters. The smallest absolute Gasteiger partial charge is 0.205 e. The van der Waals surface area contributed by atoms with Gasteiger partial charge in [0.2, 0.25) is 5.78 Å². The van der Waals surface area contributed by atoms with Gasteiger partial charge in [-0.3, -0.25) is 4.79 Å². The van der Waals surface area contributed by atoms with Crippen molar-refractivity contribution in [2.45, 2.75) is 20.4 Å². The van der Waals surface area contributed by atoms with Crippen LogP contribution in [0.1, 0.15) is 27.3 Å². The zero-order chi connectivity index (χ0) is 18.0. The van der Waals surface area contributed by atoms with Crippen molar-refractivity contribution in [2.75, 3.05) is 0 Å². The average molecular weight is 329 g/mol. The Labute approximate surface area is 146 Å². The van der Waals surface area contributed by atoms with Gasteiger partial charge in [-0.05, 0) is 32.1 Å². The molecule has 0 saturated heterocycles. The van der Waals surface area contributed by atoms with Crippen LogP contribution in [-0.4, -0.2) is 15.3 Å². The minimum absolute atomic E-state index is 0.128. The number of para-hydroxylation sites is 1. The summed E-state index contributed by atoms with van der Waals surface area (Å²) in [6.45, 7) is 8.23. The highest BCUT2D eigenvalue weighted by atomic mass is 16.1. The van der Waals surface area contributed by atoms with E-state index in [9.17, 15) is 10.1 Å². The molecule has 0 saturated carbocycles. The second kappa shape index (κ2) is 6.66. The van der Waals surface area contributed by atoms with E-state index in [4.69, 9.17) is 0 Å². The highest BCUT2D eigenvalue weighted by Crippen LogP contribution is 2.23. The van der Waals surface area contributed by atoms with Crippen molar-refractivity contribution in [1.29, 1.82) is 5.26 Å². The van der Waals surface area contributed by atoms with Gasteiger partial charge in [0.05, 0.1) is 0 Å². The maximum Gasteiger partial charge on any atom is 0.205 e. The lowest BCUT2D eigenvalue weighted by Gasteiger charge is -2.06. The van der Waals surface area contributed by atoms with Gasteiger partial charge in [-0.2, -0.15) is 5.26 Å². The monoisotopic (exact) mass is 329 g/mol. The van der Waals surface area contributed by atoms with Gasteiger partial charge in [-0.15, -0.1) is 6.58 Å². The molecule has 0 aliphatic rings. The third kappa shape index (κ3) is 2.92. The molecule has 0 aliphatic carbocycles. The number of allylic oxidation sites excluding steroid dienone is 2. The quantitative estimate of drug-likeness (QED) is 0.323. The molecule has 0 atom stereocenters. The summed E-state index contributed by atoms with van der Waals surface area (Å²) in [5, 5.41) is 10.5. The number of Topliss-reactive ketones (excluding diaryl/α,β-unsaturated/α-hetero) is 1. The van der Waals surface area contributed by atoms with Crippen LogP contribution in [0.4, 0.5) is 0 Å². The number of nitrogens with one attached hydrogen (secondary N) is 1. The van der Waals surface area contributed by atoms with E-state index in [2.05, 4.69) is 17.6 Å². The Morgan fingerprint density at radius 3 is 2.84 bits per heavy atom. The largest absolute Gasteiger partial charge is 0.361 e. The first-order valence-corrected chi connectivity index (χ1v) is 8.07. The normalized spacial score (nSPS) is 11.5. The molecular weight excluding hydrogens is 310 g/mol. The molecular formula is C21H19N3O. The number of benzene rings is 1. The van der Waals surface area contributed by atoms with Gasteiger partial charge in [0.15, 0.2) is 0 Å². The van der Waals surface area contributed by atoms with E-state index in [0.29, 0.717) is 12.1 Å². The second-order valence-electron chi connectivity index (χ2n) is 5.97. The minimum Gasteiger partial charge on any atom is -0.361 e. The molecule has 1 aromatic carbocycles. The lowest BCUT2D eigenvalue weighted by molar-refractivity contribution is 0.103. The molecule has 0 amide bonds. The predicted molar refractivity (Wildman–Crippen MR) is 100 cm³/mol. The first-order valence-electron chi connectivity index (χ1n) is 8.07. The van der Waals surface area contributed by atoms with E-state index in [0.717, 1.165) is 27.9 Å². The Morgan fingerprint density at radius 2 is 2.12 bits per heavy atom. The van der Waals surface area contributed by atoms with Crippen LogP contribution in [0.2, 0.25) is 0 Å². The second-order valence-corrected chi connectivity index (χ2v) is 5.97. The molecule has 3 rings (SSSR count). The van der Waals surface area contributed by atoms with Gasteiger partial charge < -0.3 is 9.55 Å². The molecule has 0 spiro atoms. The number of hydrogen-bond donors (Lipinski definition) is 1. The van der Waals surface area contributed by atoms with Crippen molar-refractivity contribution in [3.05, 3.63) is 77.3 Å². The van der Waals surface area contributed by atoms with Crippen molar-refractivity contribution in [2.24, 2.45) is 0 Å². The first kappa shape index (κ1) is 16.5. The van der Waals surface area contributed by atoms with E-state index in [1.807, 2.05) is 54.9 Å². The number of rotatable bonds is 5. The Hall–Kier alpha value is -3.32. The number of aromatic nitrogens is 2. The zero-order valence-electron chi connectivity index (χ0n) is 14.3. The fourth-order valence-corrected chi connectivity index (χ4v) is 3.10. The Kier molecular flexibility index (Phi) is 4.40. The summed E-state index contributed by atoms with van der Waals surface area (Å²) < 4.78 is 2.01. The Morgan fingerprint density at radius 1 is 1.36 bits per heavy atom. The van der Waals surface area contributed by atoms with Crippen molar-refractivity contribution in [1.82, 2.24) is 9.55 Å². The SMILES string of the molecule is C=CCn1c(C)cc(C(=O)/C(C#N)=C/c2c[nH]c3ccccc23)c1C. The standard InChI is InChI=1S/C21H19N3O/c1-4-9-24-14(2)10-19(15(24)3)21(25)16(12-22)11-17-13-23-20-8-6-5-7-18(17)20/h4-8,10-11,13,23H,1,9H2,2-3H3/b16-11+. The number of carbonyl (C=O) groups excluding carboxylic acids is 1. The summed E-state index contributed by atoms with van der Waals surface area (Å²) in [6, 6.07) is 11.7. The average Bonchev–Trinajstić information content (AvgIpc) is 3.15. The maximum atomic E-state index is 12.9. The number of nitrogens with zero attached hydrogens (tertiary/aromatic N) is 2. The molecule has 0 fully saturated rings. The molecule has 3 aromatic rings. The Bertz CT molecular complexity index is 1040. The number of fused-ring (bicyclic) bond motifs is 1. The lowest BCUT2D eigenvalue weighted by Crippen LogP contribution is -2.05. The maximum absolute atomic E-state index is 12.9. The van der Waals surface area contributed by atoms with E-state index in [1.54, 1.807) is 12.2 Å². The lowest BCUT2D eigenvalue weighted by atomic mass is 10.0. The number of nitriles is 1. The van der Waals surface area contributed by atoms with Crippen LogP contribution in [0.3, 0.4) is 0 Å². The molecule has 25 heavy (non-hydrogen) atoms. The minimum atomic E-state index is -0.254. The number of aromatic amines is 1. The molecule has 2 aromatic heterocycles. The molecule has 124 valence electrons. The van der Waals surface area contributed by atoms with Crippen LogP contribution in [0.15, 0.2) is 54.8 Å². The van der Waals surface area contributed by atoms with Crippen LogP contribution in [-0.2, 0) is 6.54 Å².